The fourth-order valence-electron chi connectivity index (χ4n) is 3.59. The largest absolute Gasteiger partial charge is 0.372 e. The van der Waals surface area contributed by atoms with Gasteiger partial charge >= 0.3 is 0 Å². The number of imidazole rings is 1. The number of carbonyl (C=O) groups is 1. The highest BCUT2D eigenvalue weighted by atomic mass is 16.5. The molecule has 1 aliphatic rings. The molecule has 1 aliphatic heterocycles. The molecule has 2 atom stereocenters. The number of ether oxygens (including phenoxy) is 1. The van der Waals surface area contributed by atoms with Crippen molar-refractivity contribution in [2.75, 3.05) is 23.3 Å². The van der Waals surface area contributed by atoms with E-state index in [0.717, 1.165) is 35.8 Å². The lowest BCUT2D eigenvalue weighted by Crippen LogP contribution is -2.45. The Kier molecular flexibility index (Phi) is 5.25. The first-order valence-electron chi connectivity index (χ1n) is 9.67. The number of rotatable bonds is 5. The minimum Gasteiger partial charge on any atom is -0.372 e. The van der Waals surface area contributed by atoms with Gasteiger partial charge in [-0.05, 0) is 38.1 Å². The van der Waals surface area contributed by atoms with E-state index >= 15 is 0 Å². The van der Waals surface area contributed by atoms with Crippen molar-refractivity contribution in [2.45, 2.75) is 38.9 Å². The quantitative estimate of drug-likeness (QED) is 0.712. The van der Waals surface area contributed by atoms with E-state index in [-0.39, 0.29) is 18.1 Å². The lowest BCUT2D eigenvalue weighted by Gasteiger charge is -2.36. The summed E-state index contributed by atoms with van der Waals surface area (Å²) < 4.78 is 5.76. The molecule has 1 amide bonds. The first-order valence-corrected chi connectivity index (χ1v) is 9.67. The lowest BCUT2D eigenvalue weighted by molar-refractivity contribution is -0.116. The molecule has 2 aromatic heterocycles. The van der Waals surface area contributed by atoms with Crippen LogP contribution in [-0.4, -0.2) is 46.2 Å². The number of morpholine rings is 1. The second-order valence-electron chi connectivity index (χ2n) is 7.32. The first-order chi connectivity index (χ1) is 13.6. The number of amides is 1. The van der Waals surface area contributed by atoms with Gasteiger partial charge in [0, 0.05) is 25.9 Å². The molecule has 0 unspecified atom stereocenters. The molecule has 146 valence electrons. The van der Waals surface area contributed by atoms with Crippen molar-refractivity contribution in [3.8, 4) is 0 Å². The predicted octanol–water partition coefficient (Wildman–Crippen LogP) is 3.14. The van der Waals surface area contributed by atoms with Crippen molar-refractivity contribution >= 4 is 28.4 Å². The summed E-state index contributed by atoms with van der Waals surface area (Å²) in [5, 5.41) is 2.91. The summed E-state index contributed by atoms with van der Waals surface area (Å²) in [5.74, 6) is 1.67. The Labute approximate surface area is 164 Å². The first kappa shape index (κ1) is 18.4. The maximum absolute atomic E-state index is 12.3. The highest BCUT2D eigenvalue weighted by Crippen LogP contribution is 2.20. The van der Waals surface area contributed by atoms with Crippen LogP contribution in [0.2, 0.25) is 0 Å². The summed E-state index contributed by atoms with van der Waals surface area (Å²) in [7, 11) is 0. The highest BCUT2D eigenvalue weighted by molar-refractivity contribution is 5.90. The standard InChI is InChI=1S/C21H25N5O2/c1-14-12-26(13-15(2)28-14)20-9-7-16(11-22-20)23-21(27)10-8-19-24-17-5-3-4-6-18(17)25-19/h3-7,9,11,14-15H,8,10,12-13H2,1-2H3,(H,23,27)(H,24,25)/t14-,15+. The number of aromatic amines is 1. The molecule has 3 heterocycles. The number of hydrogen-bond donors (Lipinski definition) is 2. The van der Waals surface area contributed by atoms with Crippen molar-refractivity contribution in [1.29, 1.82) is 0 Å². The van der Waals surface area contributed by atoms with Crippen LogP contribution in [0.3, 0.4) is 0 Å². The van der Waals surface area contributed by atoms with E-state index in [0.29, 0.717) is 18.5 Å². The number of carbonyl (C=O) groups excluding carboxylic acids is 1. The third-order valence-corrected chi connectivity index (χ3v) is 4.80. The molecule has 0 aliphatic carbocycles. The van der Waals surface area contributed by atoms with Gasteiger partial charge < -0.3 is 19.9 Å². The van der Waals surface area contributed by atoms with Crippen molar-refractivity contribution in [3.05, 3.63) is 48.4 Å². The second kappa shape index (κ2) is 7.98. The number of H-pyrrole nitrogens is 1. The van der Waals surface area contributed by atoms with Gasteiger partial charge in [-0.25, -0.2) is 9.97 Å². The molecule has 0 radical (unpaired) electrons. The zero-order valence-corrected chi connectivity index (χ0v) is 16.2. The summed E-state index contributed by atoms with van der Waals surface area (Å²) in [6.45, 7) is 5.78. The van der Waals surface area contributed by atoms with Gasteiger partial charge in [0.1, 0.15) is 11.6 Å². The molecule has 0 bridgehead atoms. The fourth-order valence-corrected chi connectivity index (χ4v) is 3.59. The average Bonchev–Trinajstić information content (AvgIpc) is 3.09. The number of fused-ring (bicyclic) bond motifs is 1. The normalized spacial score (nSPS) is 19.7. The molecule has 1 aromatic carbocycles. The Morgan fingerprint density at radius 2 is 2.00 bits per heavy atom. The van der Waals surface area contributed by atoms with E-state index in [9.17, 15) is 4.79 Å². The van der Waals surface area contributed by atoms with E-state index in [4.69, 9.17) is 4.74 Å². The molecule has 3 aromatic rings. The number of anilines is 2. The zero-order chi connectivity index (χ0) is 19.5. The molecule has 28 heavy (non-hydrogen) atoms. The van der Waals surface area contributed by atoms with Crippen molar-refractivity contribution in [3.63, 3.8) is 0 Å². The van der Waals surface area contributed by atoms with Gasteiger partial charge in [-0.15, -0.1) is 0 Å². The van der Waals surface area contributed by atoms with Crippen LogP contribution < -0.4 is 10.2 Å². The van der Waals surface area contributed by atoms with E-state index in [2.05, 4.69) is 39.0 Å². The van der Waals surface area contributed by atoms with E-state index < -0.39 is 0 Å². The highest BCUT2D eigenvalue weighted by Gasteiger charge is 2.23. The monoisotopic (exact) mass is 379 g/mol. The number of hydrogen-bond acceptors (Lipinski definition) is 5. The summed E-state index contributed by atoms with van der Waals surface area (Å²) in [6.07, 6.45) is 3.00. The Morgan fingerprint density at radius 1 is 1.21 bits per heavy atom. The molecule has 0 spiro atoms. The minimum atomic E-state index is -0.0522. The van der Waals surface area contributed by atoms with Crippen LogP contribution in [0, 0.1) is 0 Å². The molecule has 1 saturated heterocycles. The zero-order valence-electron chi connectivity index (χ0n) is 16.2. The van der Waals surface area contributed by atoms with Gasteiger partial charge in [-0.1, -0.05) is 12.1 Å². The number of nitrogens with one attached hydrogen (secondary N) is 2. The topological polar surface area (TPSA) is 83.1 Å². The van der Waals surface area contributed by atoms with Crippen molar-refractivity contribution < 1.29 is 9.53 Å². The summed E-state index contributed by atoms with van der Waals surface area (Å²) in [5.41, 5.74) is 2.61. The predicted molar refractivity (Wildman–Crippen MR) is 110 cm³/mol. The maximum atomic E-state index is 12.3. The molecule has 7 heteroatoms. The third-order valence-electron chi connectivity index (χ3n) is 4.80. The Bertz CT molecular complexity index is 910. The summed E-state index contributed by atoms with van der Waals surface area (Å²) in [6, 6.07) is 11.7. The molecule has 1 fully saturated rings. The van der Waals surface area contributed by atoms with Gasteiger partial charge in [0.2, 0.25) is 5.91 Å². The van der Waals surface area contributed by atoms with Crippen LogP contribution in [0.1, 0.15) is 26.1 Å². The van der Waals surface area contributed by atoms with Gasteiger partial charge in [0.15, 0.2) is 0 Å². The molecule has 7 nitrogen and oxygen atoms in total. The van der Waals surface area contributed by atoms with Crippen molar-refractivity contribution in [1.82, 2.24) is 15.0 Å². The van der Waals surface area contributed by atoms with Crippen LogP contribution in [0.4, 0.5) is 11.5 Å². The fraction of sp³-hybridized carbons (Fsp3) is 0.381. The van der Waals surface area contributed by atoms with Crippen LogP contribution >= 0.6 is 0 Å². The van der Waals surface area contributed by atoms with Crippen LogP contribution in [-0.2, 0) is 16.0 Å². The Balaban J connectivity index is 1.31. The van der Waals surface area contributed by atoms with Crippen LogP contribution in [0.25, 0.3) is 11.0 Å². The minimum absolute atomic E-state index is 0.0522. The number of aromatic nitrogens is 3. The van der Waals surface area contributed by atoms with E-state index in [1.54, 1.807) is 6.20 Å². The summed E-state index contributed by atoms with van der Waals surface area (Å²) >= 11 is 0. The van der Waals surface area contributed by atoms with Crippen LogP contribution in [0.15, 0.2) is 42.6 Å². The maximum Gasteiger partial charge on any atom is 0.224 e. The average molecular weight is 379 g/mol. The van der Waals surface area contributed by atoms with Crippen molar-refractivity contribution in [2.24, 2.45) is 0 Å². The second-order valence-corrected chi connectivity index (χ2v) is 7.32. The van der Waals surface area contributed by atoms with E-state index in [1.165, 1.54) is 0 Å². The van der Waals surface area contributed by atoms with Gasteiger partial charge in [0.05, 0.1) is 35.1 Å². The number of nitrogens with zero attached hydrogens (tertiary/aromatic N) is 3. The SMILES string of the molecule is C[C@@H]1CN(c2ccc(NC(=O)CCc3nc4ccccc4[nH]3)cn2)C[C@H](C)O1. The number of para-hydroxylation sites is 2. The van der Waals surface area contributed by atoms with Gasteiger partial charge in [-0.3, -0.25) is 4.79 Å². The van der Waals surface area contributed by atoms with Gasteiger partial charge in [-0.2, -0.15) is 0 Å². The summed E-state index contributed by atoms with van der Waals surface area (Å²) in [4.78, 5) is 26.7. The molecular weight excluding hydrogens is 354 g/mol. The lowest BCUT2D eigenvalue weighted by atomic mass is 10.2. The van der Waals surface area contributed by atoms with Crippen LogP contribution in [0.5, 0.6) is 0 Å². The van der Waals surface area contributed by atoms with E-state index in [1.807, 2.05) is 36.4 Å². The van der Waals surface area contributed by atoms with Gasteiger partial charge in [0.25, 0.3) is 0 Å². The smallest absolute Gasteiger partial charge is 0.224 e. The molecular formula is C21H25N5O2. The number of pyridine rings is 1. The molecule has 4 rings (SSSR count). The molecule has 2 N–H and O–H groups in total. The third kappa shape index (κ3) is 4.31. The Hall–Kier alpha value is -2.93. The molecule has 0 saturated carbocycles. The number of aryl methyl sites for hydroxylation is 1. The number of benzene rings is 1. The Morgan fingerprint density at radius 3 is 2.71 bits per heavy atom.